The standard InChI is InChI=1S/C13H19ClO/c1-2-3-4-5-6-7-8-11-9-10-12(14)13(11)15/h3-4,8,12H,2,5-7,9-10H2,1H3/b4-3-,11-8+. The molecule has 1 unspecified atom stereocenters. The number of rotatable bonds is 5. The van der Waals surface area contributed by atoms with Gasteiger partial charge in [0, 0.05) is 0 Å². The molecule has 1 aliphatic carbocycles. The van der Waals surface area contributed by atoms with Crippen molar-refractivity contribution in [1.29, 1.82) is 0 Å². The first-order valence-electron chi connectivity index (χ1n) is 5.78. The first kappa shape index (κ1) is 12.5. The van der Waals surface area contributed by atoms with Crippen LogP contribution in [0.4, 0.5) is 0 Å². The number of Topliss-reactive ketones (excluding diaryl/α,β-unsaturated/α-hetero) is 1. The topological polar surface area (TPSA) is 17.1 Å². The first-order valence-corrected chi connectivity index (χ1v) is 6.21. The molecule has 1 fully saturated rings. The fourth-order valence-electron chi connectivity index (χ4n) is 1.74. The fraction of sp³-hybridized carbons (Fsp3) is 0.615. The van der Waals surface area contributed by atoms with E-state index in [9.17, 15) is 4.79 Å². The molecule has 0 N–H and O–H groups in total. The molecule has 0 saturated heterocycles. The van der Waals surface area contributed by atoms with E-state index in [1.165, 1.54) is 0 Å². The van der Waals surface area contributed by atoms with Crippen molar-refractivity contribution in [2.75, 3.05) is 0 Å². The normalized spacial score (nSPS) is 24.5. The molecule has 1 atom stereocenters. The van der Waals surface area contributed by atoms with E-state index in [1.54, 1.807) is 0 Å². The Morgan fingerprint density at radius 2 is 2.20 bits per heavy atom. The molecule has 0 aromatic rings. The van der Waals surface area contributed by atoms with Crippen molar-refractivity contribution in [3.05, 3.63) is 23.8 Å². The van der Waals surface area contributed by atoms with Gasteiger partial charge in [-0.15, -0.1) is 11.6 Å². The van der Waals surface area contributed by atoms with E-state index in [0.29, 0.717) is 0 Å². The van der Waals surface area contributed by atoms with Crippen molar-refractivity contribution >= 4 is 17.4 Å². The molecule has 0 bridgehead atoms. The lowest BCUT2D eigenvalue weighted by atomic mass is 10.1. The summed E-state index contributed by atoms with van der Waals surface area (Å²) in [6.45, 7) is 2.14. The van der Waals surface area contributed by atoms with Crippen molar-refractivity contribution in [3.8, 4) is 0 Å². The number of hydrogen-bond donors (Lipinski definition) is 0. The van der Waals surface area contributed by atoms with Crippen molar-refractivity contribution < 1.29 is 4.79 Å². The van der Waals surface area contributed by atoms with E-state index in [2.05, 4.69) is 25.2 Å². The Balaban J connectivity index is 2.21. The minimum Gasteiger partial charge on any atom is -0.293 e. The Morgan fingerprint density at radius 3 is 2.80 bits per heavy atom. The summed E-state index contributed by atoms with van der Waals surface area (Å²) in [7, 11) is 0. The summed E-state index contributed by atoms with van der Waals surface area (Å²) in [5.41, 5.74) is 0.953. The summed E-state index contributed by atoms with van der Waals surface area (Å²) < 4.78 is 0. The van der Waals surface area contributed by atoms with Gasteiger partial charge in [0.05, 0.1) is 5.38 Å². The number of allylic oxidation sites excluding steroid dienone is 4. The van der Waals surface area contributed by atoms with Crippen LogP contribution < -0.4 is 0 Å². The fourth-order valence-corrected chi connectivity index (χ4v) is 1.99. The second kappa shape index (κ2) is 6.84. The second-order valence-corrected chi connectivity index (χ2v) is 4.44. The van der Waals surface area contributed by atoms with Crippen LogP contribution in [0, 0.1) is 0 Å². The smallest absolute Gasteiger partial charge is 0.176 e. The van der Waals surface area contributed by atoms with Crippen molar-refractivity contribution in [3.63, 3.8) is 0 Å². The number of unbranched alkanes of at least 4 members (excludes halogenated alkanes) is 2. The number of carbonyl (C=O) groups excluding carboxylic acids is 1. The van der Waals surface area contributed by atoms with E-state index in [0.717, 1.165) is 44.1 Å². The third-order valence-corrected chi connectivity index (χ3v) is 3.05. The van der Waals surface area contributed by atoms with Gasteiger partial charge < -0.3 is 0 Å². The summed E-state index contributed by atoms with van der Waals surface area (Å²) in [5.74, 6) is 0.153. The third-order valence-electron chi connectivity index (χ3n) is 2.64. The number of hydrogen-bond acceptors (Lipinski definition) is 1. The lowest BCUT2D eigenvalue weighted by molar-refractivity contribution is -0.114. The molecule has 1 saturated carbocycles. The molecule has 1 nitrogen and oxygen atoms in total. The van der Waals surface area contributed by atoms with Gasteiger partial charge in [-0.05, 0) is 44.1 Å². The zero-order valence-corrected chi connectivity index (χ0v) is 10.1. The van der Waals surface area contributed by atoms with Crippen LogP contribution in [0.15, 0.2) is 23.8 Å². The molecule has 0 heterocycles. The van der Waals surface area contributed by atoms with Crippen LogP contribution in [0.3, 0.4) is 0 Å². The number of alkyl halides is 1. The van der Waals surface area contributed by atoms with E-state index in [1.807, 2.05) is 0 Å². The zero-order valence-electron chi connectivity index (χ0n) is 9.34. The van der Waals surface area contributed by atoms with Crippen LogP contribution >= 0.6 is 11.6 Å². The van der Waals surface area contributed by atoms with Gasteiger partial charge in [-0.2, -0.15) is 0 Å². The Hall–Kier alpha value is -0.560. The van der Waals surface area contributed by atoms with E-state index >= 15 is 0 Å². The van der Waals surface area contributed by atoms with Gasteiger partial charge in [-0.3, -0.25) is 4.79 Å². The van der Waals surface area contributed by atoms with Gasteiger partial charge in [0.1, 0.15) is 0 Å². The average molecular weight is 227 g/mol. The minimum atomic E-state index is -0.253. The maximum absolute atomic E-state index is 11.5. The maximum atomic E-state index is 11.5. The molecule has 1 aliphatic rings. The molecule has 0 aromatic carbocycles. The Kier molecular flexibility index (Phi) is 5.70. The van der Waals surface area contributed by atoms with Gasteiger partial charge in [-0.1, -0.05) is 25.2 Å². The number of halogens is 1. The van der Waals surface area contributed by atoms with Crippen LogP contribution in [-0.4, -0.2) is 11.2 Å². The lowest BCUT2D eigenvalue weighted by Gasteiger charge is -1.95. The van der Waals surface area contributed by atoms with Crippen LogP contribution in [0.25, 0.3) is 0 Å². The third kappa shape index (κ3) is 4.21. The molecule has 0 spiro atoms. The predicted octanol–water partition coefficient (Wildman–Crippen LogP) is 4.02. The molecule has 2 heteroatoms. The highest BCUT2D eigenvalue weighted by Crippen LogP contribution is 2.25. The van der Waals surface area contributed by atoms with Crippen LogP contribution in [-0.2, 0) is 4.79 Å². The van der Waals surface area contributed by atoms with Crippen molar-refractivity contribution in [2.45, 2.75) is 50.8 Å². The van der Waals surface area contributed by atoms with Gasteiger partial charge in [0.2, 0.25) is 0 Å². The molecule has 84 valence electrons. The zero-order chi connectivity index (χ0) is 11.1. The molecule has 0 aliphatic heterocycles. The van der Waals surface area contributed by atoms with Gasteiger partial charge >= 0.3 is 0 Å². The SMILES string of the molecule is CC/C=C\CCC/C=C1\CCC(Cl)C1=O. The van der Waals surface area contributed by atoms with E-state index in [4.69, 9.17) is 11.6 Å². The van der Waals surface area contributed by atoms with Crippen LogP contribution in [0.1, 0.15) is 45.4 Å². The van der Waals surface area contributed by atoms with Gasteiger partial charge in [0.25, 0.3) is 0 Å². The van der Waals surface area contributed by atoms with Crippen LogP contribution in [0.5, 0.6) is 0 Å². The Morgan fingerprint density at radius 1 is 1.40 bits per heavy atom. The average Bonchev–Trinajstić information content (AvgIpc) is 2.54. The lowest BCUT2D eigenvalue weighted by Crippen LogP contribution is -2.05. The Labute approximate surface area is 97.2 Å². The molecular formula is C13H19ClO. The summed E-state index contributed by atoms with van der Waals surface area (Å²) >= 11 is 5.84. The quantitative estimate of drug-likeness (QED) is 0.300. The van der Waals surface area contributed by atoms with Gasteiger partial charge in [0.15, 0.2) is 5.78 Å². The molecular weight excluding hydrogens is 208 g/mol. The molecule has 0 radical (unpaired) electrons. The summed E-state index contributed by atoms with van der Waals surface area (Å²) in [5, 5.41) is -0.253. The highest BCUT2D eigenvalue weighted by Gasteiger charge is 2.26. The minimum absolute atomic E-state index is 0.153. The van der Waals surface area contributed by atoms with E-state index < -0.39 is 0 Å². The number of ketones is 1. The van der Waals surface area contributed by atoms with Crippen molar-refractivity contribution in [1.82, 2.24) is 0 Å². The Bertz CT molecular complexity index is 266. The van der Waals surface area contributed by atoms with Crippen molar-refractivity contribution in [2.24, 2.45) is 0 Å². The van der Waals surface area contributed by atoms with Gasteiger partial charge in [-0.25, -0.2) is 0 Å². The molecule has 0 amide bonds. The summed E-state index contributed by atoms with van der Waals surface area (Å²) in [6.07, 6.45) is 12.5. The highest BCUT2D eigenvalue weighted by atomic mass is 35.5. The van der Waals surface area contributed by atoms with Crippen LogP contribution in [0.2, 0.25) is 0 Å². The summed E-state index contributed by atoms with van der Waals surface area (Å²) in [6, 6.07) is 0. The first-order chi connectivity index (χ1) is 7.25. The monoisotopic (exact) mass is 226 g/mol. The molecule has 15 heavy (non-hydrogen) atoms. The number of carbonyl (C=O) groups is 1. The highest BCUT2D eigenvalue weighted by molar-refractivity contribution is 6.34. The predicted molar refractivity (Wildman–Crippen MR) is 65.2 cm³/mol. The molecule has 0 aromatic heterocycles. The van der Waals surface area contributed by atoms with E-state index in [-0.39, 0.29) is 11.2 Å². The molecule has 1 rings (SSSR count). The largest absolute Gasteiger partial charge is 0.293 e. The second-order valence-electron chi connectivity index (χ2n) is 3.91. The maximum Gasteiger partial charge on any atom is 0.176 e. The summed E-state index contributed by atoms with van der Waals surface area (Å²) in [4.78, 5) is 11.5.